The molecule has 25 heavy (non-hydrogen) atoms. The van der Waals surface area contributed by atoms with Gasteiger partial charge in [-0.05, 0) is 48.7 Å². The van der Waals surface area contributed by atoms with Gasteiger partial charge in [0, 0.05) is 17.6 Å². The molecule has 3 heteroatoms. The highest BCUT2D eigenvalue weighted by Gasteiger charge is 2.23. The van der Waals surface area contributed by atoms with Gasteiger partial charge in [-0.1, -0.05) is 36.4 Å². The van der Waals surface area contributed by atoms with Crippen molar-refractivity contribution in [3.8, 4) is 11.5 Å². The van der Waals surface area contributed by atoms with Gasteiger partial charge in [-0.3, -0.25) is 0 Å². The monoisotopic (exact) mass is 326 g/mol. The number of fused-ring (bicyclic) bond motifs is 2. The number of rotatable bonds is 2. The lowest BCUT2D eigenvalue weighted by Gasteiger charge is -2.32. The van der Waals surface area contributed by atoms with Gasteiger partial charge in [-0.25, -0.2) is 4.98 Å². The maximum absolute atomic E-state index is 5.70. The number of aryl methyl sites for hydroxylation is 1. The number of aromatic nitrogens is 1. The summed E-state index contributed by atoms with van der Waals surface area (Å²) in [6.45, 7) is 0.991. The van der Waals surface area contributed by atoms with Crippen molar-refractivity contribution in [1.82, 2.24) is 4.98 Å². The first-order chi connectivity index (χ1) is 12.4. The van der Waals surface area contributed by atoms with Crippen LogP contribution in [0.4, 0.5) is 11.4 Å². The quantitative estimate of drug-likeness (QED) is 0.481. The van der Waals surface area contributed by atoms with Crippen LogP contribution in [0, 0.1) is 0 Å². The minimum Gasteiger partial charge on any atom is -0.463 e. The highest BCUT2D eigenvalue weighted by molar-refractivity contribution is 5.90. The van der Waals surface area contributed by atoms with Gasteiger partial charge in [-0.15, -0.1) is 0 Å². The Morgan fingerprint density at radius 1 is 0.880 bits per heavy atom. The van der Waals surface area contributed by atoms with Gasteiger partial charge in [0.25, 0.3) is 0 Å². The summed E-state index contributed by atoms with van der Waals surface area (Å²) in [5.41, 5.74) is 5.68. The summed E-state index contributed by atoms with van der Waals surface area (Å²) in [4.78, 5) is 7.32. The normalized spacial score (nSPS) is 13.8. The standard InChI is InChI=1S/C22H18N2O/c1-3-10-18-17(8-1)15-20(22(23-18)21-12-6-14-25-21)24-13-5-9-16-7-2-4-11-19(16)24/h1-4,6-8,10-12,14-15H,5,9,13H2. The van der Waals surface area contributed by atoms with E-state index >= 15 is 0 Å². The van der Waals surface area contributed by atoms with Crippen LogP contribution in [0.25, 0.3) is 22.4 Å². The molecule has 0 atom stereocenters. The second kappa shape index (κ2) is 5.78. The van der Waals surface area contributed by atoms with Crippen LogP contribution in [0.5, 0.6) is 0 Å². The summed E-state index contributed by atoms with van der Waals surface area (Å²) in [5.74, 6) is 0.809. The lowest BCUT2D eigenvalue weighted by Crippen LogP contribution is -2.25. The Morgan fingerprint density at radius 2 is 1.76 bits per heavy atom. The minimum atomic E-state index is 0.809. The first-order valence-corrected chi connectivity index (χ1v) is 8.69. The lowest BCUT2D eigenvalue weighted by atomic mass is 10.00. The van der Waals surface area contributed by atoms with Gasteiger partial charge >= 0.3 is 0 Å². The van der Waals surface area contributed by atoms with Crippen molar-refractivity contribution in [1.29, 1.82) is 0 Å². The van der Waals surface area contributed by atoms with Gasteiger partial charge in [0.15, 0.2) is 5.76 Å². The van der Waals surface area contributed by atoms with Crippen LogP contribution in [0.1, 0.15) is 12.0 Å². The number of para-hydroxylation sites is 2. The maximum atomic E-state index is 5.70. The number of furan rings is 1. The third kappa shape index (κ3) is 2.40. The number of nitrogens with zero attached hydrogens (tertiary/aromatic N) is 2. The molecule has 1 aliphatic heterocycles. The van der Waals surface area contributed by atoms with Crippen molar-refractivity contribution >= 4 is 22.3 Å². The highest BCUT2D eigenvalue weighted by atomic mass is 16.3. The second-order valence-corrected chi connectivity index (χ2v) is 6.41. The Bertz CT molecular complexity index is 1040. The number of pyridine rings is 1. The average Bonchev–Trinajstić information content (AvgIpc) is 3.21. The molecule has 0 saturated heterocycles. The average molecular weight is 326 g/mol. The van der Waals surface area contributed by atoms with Crippen LogP contribution < -0.4 is 4.90 Å². The number of anilines is 2. The fourth-order valence-corrected chi connectivity index (χ4v) is 3.69. The Balaban J connectivity index is 1.77. The van der Waals surface area contributed by atoms with Crippen molar-refractivity contribution in [2.45, 2.75) is 12.8 Å². The van der Waals surface area contributed by atoms with Crippen molar-refractivity contribution in [2.24, 2.45) is 0 Å². The molecule has 0 N–H and O–H groups in total. The molecule has 2 aromatic carbocycles. The van der Waals surface area contributed by atoms with E-state index in [1.807, 2.05) is 18.2 Å². The summed E-state index contributed by atoms with van der Waals surface area (Å²) in [7, 11) is 0. The van der Waals surface area contributed by atoms with E-state index in [1.54, 1.807) is 6.26 Å². The molecule has 0 radical (unpaired) electrons. The van der Waals surface area contributed by atoms with E-state index in [2.05, 4.69) is 53.4 Å². The van der Waals surface area contributed by atoms with Crippen LogP contribution in [-0.4, -0.2) is 11.5 Å². The molecule has 1 aliphatic rings. The van der Waals surface area contributed by atoms with E-state index in [9.17, 15) is 0 Å². The number of benzene rings is 2. The van der Waals surface area contributed by atoms with Crippen molar-refractivity contribution in [2.75, 3.05) is 11.4 Å². The molecule has 3 heterocycles. The smallest absolute Gasteiger partial charge is 0.154 e. The van der Waals surface area contributed by atoms with Gasteiger partial charge in [0.2, 0.25) is 0 Å². The van der Waals surface area contributed by atoms with Gasteiger partial charge in [-0.2, -0.15) is 0 Å². The molecule has 0 spiro atoms. The summed E-state index contributed by atoms with van der Waals surface area (Å²) >= 11 is 0. The molecule has 0 saturated carbocycles. The first-order valence-electron chi connectivity index (χ1n) is 8.69. The van der Waals surface area contributed by atoms with Crippen LogP contribution in [0.3, 0.4) is 0 Å². The van der Waals surface area contributed by atoms with Crippen LogP contribution in [0.2, 0.25) is 0 Å². The molecular formula is C22H18N2O. The van der Waals surface area contributed by atoms with E-state index in [4.69, 9.17) is 9.40 Å². The van der Waals surface area contributed by atoms with Gasteiger partial charge in [0.05, 0.1) is 17.5 Å². The fraction of sp³-hybridized carbons (Fsp3) is 0.136. The van der Waals surface area contributed by atoms with Crippen molar-refractivity contribution < 1.29 is 4.42 Å². The minimum absolute atomic E-state index is 0.809. The van der Waals surface area contributed by atoms with Crippen molar-refractivity contribution in [3.05, 3.63) is 78.6 Å². The van der Waals surface area contributed by atoms with E-state index in [0.717, 1.165) is 47.4 Å². The molecule has 0 bridgehead atoms. The zero-order valence-electron chi connectivity index (χ0n) is 13.9. The lowest BCUT2D eigenvalue weighted by molar-refractivity contribution is 0.580. The van der Waals surface area contributed by atoms with E-state index < -0.39 is 0 Å². The molecule has 5 rings (SSSR count). The van der Waals surface area contributed by atoms with Gasteiger partial charge in [0.1, 0.15) is 5.69 Å². The summed E-state index contributed by atoms with van der Waals surface area (Å²) in [6, 6.07) is 23.1. The topological polar surface area (TPSA) is 29.3 Å². The summed E-state index contributed by atoms with van der Waals surface area (Å²) in [5, 5.41) is 1.15. The molecule has 0 amide bonds. The Hall–Kier alpha value is -3.07. The fourth-order valence-electron chi connectivity index (χ4n) is 3.69. The van der Waals surface area contributed by atoms with Crippen molar-refractivity contribution in [3.63, 3.8) is 0 Å². The number of hydrogen-bond acceptors (Lipinski definition) is 3. The third-order valence-electron chi connectivity index (χ3n) is 4.86. The van der Waals surface area contributed by atoms with Crippen LogP contribution in [-0.2, 0) is 6.42 Å². The Morgan fingerprint density at radius 3 is 2.68 bits per heavy atom. The maximum Gasteiger partial charge on any atom is 0.154 e. The van der Waals surface area contributed by atoms with E-state index in [0.29, 0.717) is 0 Å². The highest BCUT2D eigenvalue weighted by Crippen LogP contribution is 2.39. The number of hydrogen-bond donors (Lipinski definition) is 0. The Kier molecular flexibility index (Phi) is 3.30. The summed E-state index contributed by atoms with van der Waals surface area (Å²) in [6.07, 6.45) is 3.98. The second-order valence-electron chi connectivity index (χ2n) is 6.41. The largest absolute Gasteiger partial charge is 0.463 e. The van der Waals surface area contributed by atoms with E-state index in [1.165, 1.54) is 11.3 Å². The van der Waals surface area contributed by atoms with Gasteiger partial charge < -0.3 is 9.32 Å². The Labute approximate surface area is 146 Å². The predicted octanol–water partition coefficient (Wildman–Crippen LogP) is 5.58. The summed E-state index contributed by atoms with van der Waals surface area (Å²) < 4.78 is 5.70. The molecule has 0 fully saturated rings. The molecule has 0 aliphatic carbocycles. The molecule has 2 aromatic heterocycles. The van der Waals surface area contributed by atoms with E-state index in [-0.39, 0.29) is 0 Å². The predicted molar refractivity (Wildman–Crippen MR) is 101 cm³/mol. The molecular weight excluding hydrogens is 308 g/mol. The molecule has 122 valence electrons. The van der Waals surface area contributed by atoms with Crippen LogP contribution in [0.15, 0.2) is 77.4 Å². The third-order valence-corrected chi connectivity index (χ3v) is 4.86. The first kappa shape index (κ1) is 14.3. The zero-order valence-corrected chi connectivity index (χ0v) is 13.9. The zero-order chi connectivity index (χ0) is 16.6. The molecule has 0 unspecified atom stereocenters. The SMILES string of the molecule is c1coc(-c2nc3ccccc3cc2N2CCCc3ccccc32)c1. The molecule has 3 nitrogen and oxygen atoms in total. The molecule has 4 aromatic rings. The van der Waals surface area contributed by atoms with Crippen LogP contribution >= 0.6 is 0 Å².